The van der Waals surface area contributed by atoms with Crippen LogP contribution in [0.5, 0.6) is 0 Å². The molecule has 220 valence electrons. The van der Waals surface area contributed by atoms with Gasteiger partial charge in [0.05, 0.1) is 10.6 Å². The molecule has 0 saturated carbocycles. The van der Waals surface area contributed by atoms with Gasteiger partial charge in [0.15, 0.2) is 0 Å². The molecular weight excluding hydrogens is 555 g/mol. The van der Waals surface area contributed by atoms with Crippen molar-refractivity contribution in [3.63, 3.8) is 0 Å². The maximum Gasteiger partial charge on any atom is 0.264 e. The third-order valence-corrected chi connectivity index (χ3v) is 9.60. The molecule has 7 nitrogen and oxygen atoms in total. The number of hydrogen-bond donors (Lipinski definition) is 1. The number of nitrogens with zero attached hydrogens (tertiary/aromatic N) is 2. The zero-order valence-electron chi connectivity index (χ0n) is 24.6. The number of amides is 2. The molecule has 0 aliphatic carbocycles. The molecule has 1 N–H and O–H groups in total. The average molecular weight is 596 g/mol. The van der Waals surface area contributed by atoms with Gasteiger partial charge < -0.3 is 10.2 Å². The number of carbonyl (C=O) groups is 2. The van der Waals surface area contributed by atoms with Crippen LogP contribution in [-0.4, -0.2) is 50.5 Å². The Bertz CT molecular complexity index is 1410. The summed E-state index contributed by atoms with van der Waals surface area (Å²) in [6, 6.07) is 20.7. The van der Waals surface area contributed by atoms with Crippen molar-refractivity contribution in [2.75, 3.05) is 23.7 Å². The monoisotopic (exact) mass is 595 g/mol. The summed E-state index contributed by atoms with van der Waals surface area (Å²) in [7, 11) is -4.10. The molecule has 2 amide bonds. The number of benzene rings is 3. The van der Waals surface area contributed by atoms with Crippen molar-refractivity contribution in [1.82, 2.24) is 10.2 Å². The van der Waals surface area contributed by atoms with E-state index in [2.05, 4.69) is 5.32 Å². The summed E-state index contributed by atoms with van der Waals surface area (Å²) in [4.78, 5) is 30.0. The first-order valence-electron chi connectivity index (χ1n) is 14.0. The second-order valence-electron chi connectivity index (χ2n) is 10.0. The Morgan fingerprint density at radius 1 is 0.927 bits per heavy atom. The van der Waals surface area contributed by atoms with Gasteiger partial charge in [-0.15, -0.1) is 11.8 Å². The Morgan fingerprint density at radius 2 is 1.59 bits per heavy atom. The Balaban J connectivity index is 2.04. The lowest BCUT2D eigenvalue weighted by atomic mass is 10.1. The van der Waals surface area contributed by atoms with Crippen molar-refractivity contribution < 1.29 is 18.0 Å². The first kappa shape index (κ1) is 32.2. The van der Waals surface area contributed by atoms with Gasteiger partial charge in [0.25, 0.3) is 10.0 Å². The molecule has 0 radical (unpaired) electrons. The summed E-state index contributed by atoms with van der Waals surface area (Å²) in [5, 5.41) is 2.96. The fourth-order valence-corrected chi connectivity index (χ4v) is 6.33. The summed E-state index contributed by atoms with van der Waals surface area (Å²) in [5.41, 5.74) is 3.24. The van der Waals surface area contributed by atoms with Crippen LogP contribution >= 0.6 is 11.8 Å². The van der Waals surface area contributed by atoms with Crippen molar-refractivity contribution in [3.8, 4) is 0 Å². The molecule has 41 heavy (non-hydrogen) atoms. The van der Waals surface area contributed by atoms with Gasteiger partial charge in [-0.05, 0) is 80.5 Å². The van der Waals surface area contributed by atoms with Gasteiger partial charge in [-0.3, -0.25) is 13.9 Å². The lowest BCUT2D eigenvalue weighted by Crippen LogP contribution is -2.52. The second-order valence-corrected chi connectivity index (χ2v) is 12.8. The molecule has 0 heterocycles. The van der Waals surface area contributed by atoms with Crippen molar-refractivity contribution >= 4 is 39.3 Å². The first-order chi connectivity index (χ1) is 19.6. The predicted molar refractivity (Wildman–Crippen MR) is 168 cm³/mol. The van der Waals surface area contributed by atoms with E-state index >= 15 is 0 Å². The summed E-state index contributed by atoms with van der Waals surface area (Å²) >= 11 is 1.52. The number of nitrogens with one attached hydrogen (secondary N) is 1. The van der Waals surface area contributed by atoms with E-state index in [0.717, 1.165) is 38.7 Å². The van der Waals surface area contributed by atoms with Crippen LogP contribution in [0, 0.1) is 13.8 Å². The van der Waals surface area contributed by atoms with Gasteiger partial charge in [-0.2, -0.15) is 0 Å². The normalized spacial score (nSPS) is 12.0. The smallest absolute Gasteiger partial charge is 0.264 e. The Morgan fingerprint density at radius 3 is 2.17 bits per heavy atom. The molecule has 3 rings (SSSR count). The molecule has 9 heteroatoms. The number of thioether (sulfide) groups is 1. The highest BCUT2D eigenvalue weighted by Gasteiger charge is 2.33. The largest absolute Gasteiger partial charge is 0.354 e. The number of rotatable bonds is 14. The quantitative estimate of drug-likeness (QED) is 0.184. The molecule has 0 bridgehead atoms. The highest BCUT2D eigenvalue weighted by molar-refractivity contribution is 7.98. The van der Waals surface area contributed by atoms with Crippen LogP contribution in [-0.2, 0) is 26.2 Å². The molecule has 0 unspecified atom stereocenters. The van der Waals surface area contributed by atoms with Gasteiger partial charge in [-0.1, -0.05) is 62.2 Å². The van der Waals surface area contributed by atoms with E-state index in [4.69, 9.17) is 0 Å². The van der Waals surface area contributed by atoms with Gasteiger partial charge >= 0.3 is 0 Å². The van der Waals surface area contributed by atoms with Crippen LogP contribution in [0.1, 0.15) is 49.8 Å². The highest BCUT2D eigenvalue weighted by atomic mass is 32.2. The lowest BCUT2D eigenvalue weighted by molar-refractivity contribution is -0.140. The predicted octanol–water partition coefficient (Wildman–Crippen LogP) is 5.94. The summed E-state index contributed by atoms with van der Waals surface area (Å²) in [6.45, 7) is 8.06. The molecule has 0 saturated heterocycles. The molecule has 0 aromatic heterocycles. The van der Waals surface area contributed by atoms with Crippen LogP contribution < -0.4 is 9.62 Å². The van der Waals surface area contributed by atoms with Crippen molar-refractivity contribution in [2.24, 2.45) is 0 Å². The van der Waals surface area contributed by atoms with Crippen LogP contribution in [0.25, 0.3) is 0 Å². The Hall–Kier alpha value is -3.30. The van der Waals surface area contributed by atoms with E-state index in [1.54, 1.807) is 36.4 Å². The summed E-state index contributed by atoms with van der Waals surface area (Å²) in [6.07, 6.45) is 4.09. The molecule has 0 aliphatic rings. The van der Waals surface area contributed by atoms with Crippen molar-refractivity contribution in [3.05, 3.63) is 89.5 Å². The third kappa shape index (κ3) is 8.36. The minimum absolute atomic E-state index is 0.0958. The highest BCUT2D eigenvalue weighted by Crippen LogP contribution is 2.27. The Kier molecular flexibility index (Phi) is 11.8. The molecular formula is C32H41N3O4S2. The van der Waals surface area contributed by atoms with Gasteiger partial charge in [-0.25, -0.2) is 8.42 Å². The van der Waals surface area contributed by atoms with E-state index in [1.807, 2.05) is 70.3 Å². The van der Waals surface area contributed by atoms with Crippen LogP contribution in [0.2, 0.25) is 0 Å². The molecule has 0 aliphatic heterocycles. The fraction of sp³-hybridized carbons (Fsp3) is 0.375. The van der Waals surface area contributed by atoms with Gasteiger partial charge in [0.2, 0.25) is 11.8 Å². The van der Waals surface area contributed by atoms with Crippen LogP contribution in [0.3, 0.4) is 0 Å². The molecule has 0 spiro atoms. The SMILES string of the molecule is CCCCNC(=O)[C@@H](CC)N(Cc1ccccc1C)C(=O)CN(c1ccc(C)cc1)S(=O)(=O)c1ccc(SC)cc1. The van der Waals surface area contributed by atoms with Gasteiger partial charge in [0.1, 0.15) is 12.6 Å². The minimum Gasteiger partial charge on any atom is -0.354 e. The topological polar surface area (TPSA) is 86.8 Å². The molecule has 1 atom stereocenters. The van der Waals surface area contributed by atoms with Crippen LogP contribution in [0.15, 0.2) is 82.6 Å². The number of anilines is 1. The number of carbonyl (C=O) groups excluding carboxylic acids is 2. The lowest BCUT2D eigenvalue weighted by Gasteiger charge is -2.33. The van der Waals surface area contributed by atoms with Crippen molar-refractivity contribution in [1.29, 1.82) is 0 Å². The van der Waals surface area contributed by atoms with E-state index in [-0.39, 0.29) is 17.3 Å². The second kappa shape index (κ2) is 15.1. The minimum atomic E-state index is -4.10. The maximum absolute atomic E-state index is 14.2. The summed E-state index contributed by atoms with van der Waals surface area (Å²) < 4.78 is 29.2. The molecule has 3 aromatic rings. The van der Waals surface area contributed by atoms with E-state index < -0.39 is 28.5 Å². The summed E-state index contributed by atoms with van der Waals surface area (Å²) in [5.74, 6) is -0.684. The van der Waals surface area contributed by atoms with E-state index in [9.17, 15) is 18.0 Å². The standard InChI is InChI=1S/C32H41N3O4S2/c1-6-8-21-33-32(37)30(7-2)34(22-26-12-10-9-11-25(26)4)31(36)23-35(27-15-13-24(3)14-16-27)41(38,39)29-19-17-28(40-5)18-20-29/h9-20,30H,6-8,21-23H2,1-5H3,(H,33,37)/t30-/m1/s1. The average Bonchev–Trinajstić information content (AvgIpc) is 2.97. The molecule has 0 fully saturated rings. The van der Waals surface area contributed by atoms with Gasteiger partial charge in [0, 0.05) is 18.0 Å². The number of hydrogen-bond acceptors (Lipinski definition) is 5. The van der Waals surface area contributed by atoms with Crippen molar-refractivity contribution in [2.45, 2.75) is 69.3 Å². The Labute approximate surface area is 249 Å². The maximum atomic E-state index is 14.2. The zero-order chi connectivity index (χ0) is 30.0. The molecule has 3 aromatic carbocycles. The van der Waals surface area contributed by atoms with E-state index in [0.29, 0.717) is 18.7 Å². The number of aryl methyl sites for hydroxylation is 2. The fourth-order valence-electron chi connectivity index (χ4n) is 4.51. The number of sulfonamides is 1. The van der Waals surface area contributed by atoms with E-state index in [1.165, 1.54) is 16.7 Å². The zero-order valence-corrected chi connectivity index (χ0v) is 26.2. The van der Waals surface area contributed by atoms with Crippen LogP contribution in [0.4, 0.5) is 5.69 Å². The number of unbranched alkanes of at least 4 members (excludes halogenated alkanes) is 1. The first-order valence-corrected chi connectivity index (χ1v) is 16.6. The third-order valence-electron chi connectivity index (χ3n) is 7.07.